The van der Waals surface area contributed by atoms with Crippen LogP contribution in [0.1, 0.15) is 28.4 Å². The Bertz CT molecular complexity index is 910. The molecular weight excluding hydrogens is 364 g/mol. The second-order valence-electron chi connectivity index (χ2n) is 6.74. The number of benzene rings is 2. The van der Waals surface area contributed by atoms with Gasteiger partial charge in [0.15, 0.2) is 0 Å². The van der Waals surface area contributed by atoms with Crippen molar-refractivity contribution >= 4 is 15.9 Å². The summed E-state index contributed by atoms with van der Waals surface area (Å²) in [6.45, 7) is 5.26. The first-order chi connectivity index (χ1) is 12.9. The number of nitrogens with one attached hydrogen (secondary N) is 1. The van der Waals surface area contributed by atoms with Crippen LogP contribution in [0.4, 0.5) is 0 Å². The fourth-order valence-electron chi connectivity index (χ4n) is 2.99. The van der Waals surface area contributed by atoms with Gasteiger partial charge in [-0.25, -0.2) is 8.42 Å². The summed E-state index contributed by atoms with van der Waals surface area (Å²) in [5.74, 6) is -0.303. The van der Waals surface area contributed by atoms with Gasteiger partial charge < -0.3 is 10.1 Å². The van der Waals surface area contributed by atoms with E-state index in [2.05, 4.69) is 5.32 Å². The second-order valence-corrected chi connectivity index (χ2v) is 8.63. The van der Waals surface area contributed by atoms with E-state index >= 15 is 0 Å². The topological polar surface area (TPSA) is 75.7 Å². The number of ether oxygens (including phenoxy) is 1. The molecule has 2 aromatic carbocycles. The summed E-state index contributed by atoms with van der Waals surface area (Å²) in [5, 5.41) is 2.83. The molecular formula is C20H24N2O4S. The molecule has 144 valence electrons. The van der Waals surface area contributed by atoms with Crippen molar-refractivity contribution in [2.75, 3.05) is 19.8 Å². The van der Waals surface area contributed by atoms with Gasteiger partial charge in [-0.1, -0.05) is 35.9 Å². The largest absolute Gasteiger partial charge is 0.378 e. The van der Waals surface area contributed by atoms with Crippen LogP contribution in [0.15, 0.2) is 53.4 Å². The Morgan fingerprint density at radius 2 is 1.96 bits per heavy atom. The zero-order valence-corrected chi connectivity index (χ0v) is 16.3. The molecule has 0 aromatic heterocycles. The standard InChI is InChI=1S/C20H24N2O4S/c1-15-6-8-17(9-7-15)13-21-20(23)18-4-3-5-19(12-18)27(24,25)22-10-11-26-14-16(22)2/h3-9,12,16H,10-11,13-14H2,1-2H3,(H,21,23). The van der Waals surface area contributed by atoms with Crippen LogP contribution in [-0.4, -0.2) is 44.4 Å². The molecule has 1 aliphatic rings. The Balaban J connectivity index is 1.74. The molecule has 27 heavy (non-hydrogen) atoms. The number of sulfonamides is 1. The number of rotatable bonds is 5. The van der Waals surface area contributed by atoms with Gasteiger partial charge in [0, 0.05) is 24.7 Å². The van der Waals surface area contributed by atoms with Crippen molar-refractivity contribution in [2.45, 2.75) is 31.3 Å². The van der Waals surface area contributed by atoms with Crippen LogP contribution in [0.2, 0.25) is 0 Å². The van der Waals surface area contributed by atoms with Crippen molar-refractivity contribution in [3.63, 3.8) is 0 Å². The summed E-state index contributed by atoms with van der Waals surface area (Å²) < 4.78 is 32.6. The molecule has 0 radical (unpaired) electrons. The van der Waals surface area contributed by atoms with Gasteiger partial charge in [0.2, 0.25) is 10.0 Å². The summed E-state index contributed by atoms with van der Waals surface area (Å²) in [6.07, 6.45) is 0. The molecule has 1 fully saturated rings. The molecule has 7 heteroatoms. The SMILES string of the molecule is Cc1ccc(CNC(=O)c2cccc(S(=O)(=O)N3CCOCC3C)c2)cc1. The van der Waals surface area contributed by atoms with Gasteiger partial charge >= 0.3 is 0 Å². The van der Waals surface area contributed by atoms with Crippen molar-refractivity contribution < 1.29 is 17.9 Å². The minimum atomic E-state index is -3.67. The van der Waals surface area contributed by atoms with E-state index < -0.39 is 10.0 Å². The van der Waals surface area contributed by atoms with Crippen LogP contribution in [-0.2, 0) is 21.3 Å². The van der Waals surface area contributed by atoms with Crippen LogP contribution in [0.25, 0.3) is 0 Å². The third kappa shape index (κ3) is 4.55. The highest BCUT2D eigenvalue weighted by molar-refractivity contribution is 7.89. The molecule has 0 aliphatic carbocycles. The molecule has 1 unspecified atom stereocenters. The average molecular weight is 388 g/mol. The number of nitrogens with zero attached hydrogens (tertiary/aromatic N) is 1. The Labute approximate surface area is 160 Å². The van der Waals surface area contributed by atoms with E-state index in [9.17, 15) is 13.2 Å². The number of carbonyl (C=O) groups excluding carboxylic acids is 1. The molecule has 1 N–H and O–H groups in total. The lowest BCUT2D eigenvalue weighted by atomic mass is 10.1. The lowest BCUT2D eigenvalue weighted by Crippen LogP contribution is -2.46. The average Bonchev–Trinajstić information content (AvgIpc) is 2.67. The van der Waals surface area contributed by atoms with Crippen LogP contribution in [0.3, 0.4) is 0 Å². The first kappa shape index (κ1) is 19.5. The van der Waals surface area contributed by atoms with E-state index in [0.29, 0.717) is 31.9 Å². The van der Waals surface area contributed by atoms with E-state index in [4.69, 9.17) is 4.74 Å². The summed E-state index contributed by atoms with van der Waals surface area (Å²) in [7, 11) is -3.67. The van der Waals surface area contributed by atoms with Crippen LogP contribution >= 0.6 is 0 Å². The van der Waals surface area contributed by atoms with Gasteiger partial charge in [-0.05, 0) is 37.6 Å². The number of morpholine rings is 1. The minimum Gasteiger partial charge on any atom is -0.378 e. The van der Waals surface area contributed by atoms with Crippen LogP contribution in [0.5, 0.6) is 0 Å². The summed E-state index contributed by atoms with van der Waals surface area (Å²) >= 11 is 0. The zero-order chi connectivity index (χ0) is 19.4. The maximum Gasteiger partial charge on any atom is 0.251 e. The normalized spacial score (nSPS) is 18.2. The van der Waals surface area contributed by atoms with Crippen molar-refractivity contribution in [3.8, 4) is 0 Å². The summed E-state index contributed by atoms with van der Waals surface area (Å²) in [6, 6.07) is 13.8. The number of amides is 1. The van der Waals surface area contributed by atoms with Gasteiger partial charge in [0.1, 0.15) is 0 Å². The molecule has 1 heterocycles. The summed E-state index contributed by atoms with van der Waals surface area (Å²) in [5.41, 5.74) is 2.46. The molecule has 6 nitrogen and oxygen atoms in total. The molecule has 2 aromatic rings. The second kappa shape index (κ2) is 8.21. The molecule has 0 bridgehead atoms. The predicted molar refractivity (Wildman–Crippen MR) is 103 cm³/mol. The van der Waals surface area contributed by atoms with Gasteiger partial charge in [-0.3, -0.25) is 4.79 Å². The number of carbonyl (C=O) groups is 1. The highest BCUT2D eigenvalue weighted by Crippen LogP contribution is 2.21. The smallest absolute Gasteiger partial charge is 0.251 e. The van der Waals surface area contributed by atoms with Crippen LogP contribution < -0.4 is 5.32 Å². The molecule has 1 saturated heterocycles. The first-order valence-electron chi connectivity index (χ1n) is 8.91. The molecule has 1 atom stereocenters. The van der Waals surface area contributed by atoms with Crippen molar-refractivity contribution in [1.82, 2.24) is 9.62 Å². The number of hydrogen-bond donors (Lipinski definition) is 1. The molecule has 0 saturated carbocycles. The highest BCUT2D eigenvalue weighted by Gasteiger charge is 2.31. The van der Waals surface area contributed by atoms with Crippen LogP contribution in [0, 0.1) is 6.92 Å². The third-order valence-electron chi connectivity index (χ3n) is 4.58. The fourth-order valence-corrected chi connectivity index (χ4v) is 4.64. The predicted octanol–water partition coefficient (Wildman–Crippen LogP) is 2.33. The van der Waals surface area contributed by atoms with Gasteiger partial charge in [-0.15, -0.1) is 0 Å². The molecule has 1 aliphatic heterocycles. The lowest BCUT2D eigenvalue weighted by Gasteiger charge is -2.32. The number of aryl methyl sites for hydroxylation is 1. The molecule has 1 amide bonds. The Morgan fingerprint density at radius 3 is 2.67 bits per heavy atom. The van der Waals surface area contributed by atoms with Crippen molar-refractivity contribution in [1.29, 1.82) is 0 Å². The zero-order valence-electron chi connectivity index (χ0n) is 15.5. The molecule has 3 rings (SSSR count). The maximum atomic E-state index is 12.9. The van der Waals surface area contributed by atoms with E-state index in [1.807, 2.05) is 38.1 Å². The van der Waals surface area contributed by atoms with Gasteiger partial charge in [0.05, 0.1) is 18.1 Å². The minimum absolute atomic E-state index is 0.124. The van der Waals surface area contributed by atoms with E-state index in [0.717, 1.165) is 11.1 Å². The lowest BCUT2D eigenvalue weighted by molar-refractivity contribution is 0.0392. The monoisotopic (exact) mass is 388 g/mol. The highest BCUT2D eigenvalue weighted by atomic mass is 32.2. The fraction of sp³-hybridized carbons (Fsp3) is 0.350. The quantitative estimate of drug-likeness (QED) is 0.853. The Morgan fingerprint density at radius 1 is 1.22 bits per heavy atom. The van der Waals surface area contributed by atoms with Gasteiger partial charge in [0.25, 0.3) is 5.91 Å². The van der Waals surface area contributed by atoms with Crippen molar-refractivity contribution in [3.05, 3.63) is 65.2 Å². The van der Waals surface area contributed by atoms with Gasteiger partial charge in [-0.2, -0.15) is 4.31 Å². The Kier molecular flexibility index (Phi) is 5.94. The molecule has 0 spiro atoms. The Hall–Kier alpha value is -2.22. The summed E-state index contributed by atoms with van der Waals surface area (Å²) in [4.78, 5) is 12.6. The van der Waals surface area contributed by atoms with E-state index in [-0.39, 0.29) is 16.8 Å². The van der Waals surface area contributed by atoms with E-state index in [1.54, 1.807) is 12.1 Å². The van der Waals surface area contributed by atoms with Crippen molar-refractivity contribution in [2.24, 2.45) is 0 Å². The number of hydrogen-bond acceptors (Lipinski definition) is 4. The van der Waals surface area contributed by atoms with E-state index in [1.165, 1.54) is 16.4 Å². The maximum absolute atomic E-state index is 12.9. The first-order valence-corrected chi connectivity index (χ1v) is 10.4. The third-order valence-corrected chi connectivity index (χ3v) is 6.59.